The molecule has 6 aliphatic rings. The molecule has 4 heterocycles. The van der Waals surface area contributed by atoms with Crippen molar-refractivity contribution in [3.8, 4) is 23.5 Å². The lowest BCUT2D eigenvalue weighted by Gasteiger charge is -2.38. The minimum absolute atomic E-state index is 0.0117. The molecular weight excluding hydrogens is 777 g/mol. The van der Waals surface area contributed by atoms with E-state index in [4.69, 9.17) is 24.2 Å². The zero-order valence-electron chi connectivity index (χ0n) is 33.8. The third-order valence-electron chi connectivity index (χ3n) is 13.1. The normalized spacial score (nSPS) is 31.0. The molecule has 3 aliphatic heterocycles. The Morgan fingerprint density at radius 3 is 2.56 bits per heavy atom. The summed E-state index contributed by atoms with van der Waals surface area (Å²) in [7, 11) is -2.50. The van der Waals surface area contributed by atoms with Gasteiger partial charge in [0, 0.05) is 12.5 Å². The predicted octanol–water partition coefficient (Wildman–Crippen LogP) is 4.37. The van der Waals surface area contributed by atoms with Crippen molar-refractivity contribution >= 4 is 44.9 Å². The molecule has 2 aromatic rings. The Hall–Kier alpha value is -4.91. The van der Waals surface area contributed by atoms with Crippen molar-refractivity contribution in [1.82, 2.24) is 30.2 Å². The van der Waals surface area contributed by atoms with Crippen molar-refractivity contribution in [1.29, 1.82) is 0 Å². The summed E-state index contributed by atoms with van der Waals surface area (Å²) in [5.41, 5.74) is 0.00532. The Balaban J connectivity index is 1.15. The van der Waals surface area contributed by atoms with Crippen molar-refractivity contribution in [2.75, 3.05) is 13.7 Å². The summed E-state index contributed by atoms with van der Waals surface area (Å²) in [4.78, 5) is 68.3. The van der Waals surface area contributed by atoms with Crippen LogP contribution in [-0.4, -0.2) is 95.3 Å². The second kappa shape index (κ2) is 16.6. The van der Waals surface area contributed by atoms with Gasteiger partial charge in [0.15, 0.2) is 5.54 Å². The Morgan fingerprint density at radius 2 is 1.78 bits per heavy atom. The number of allylic oxidation sites excluding steroid dienone is 1. The Bertz CT molecular complexity index is 2200. The standard InChI is InChI=1S/C43H54N6O9S/c1-42(22-23-42)59(54,55)48-40(52)43-21-20-28(43)14-8-4-3-5-9-16-33-39(51)49-26-30(25-35(49)37(50)47-43)57-38-32(44-31-19-18-29(56-2)24-34(31)45-38)15-10-6-7-12-27-13-11-17-36(27)58-41(53)46-33/h8,14,18-19,24,27-28,30,33,35-36H,3-7,9-13,15-17,22-23,25-26H2,1-2H3,(H,46,53)(H,47,50)(H,48,52). The number of alkyl carbamates (subject to hydrolysis) is 1. The van der Waals surface area contributed by atoms with Crippen LogP contribution in [0.1, 0.15) is 109 Å². The van der Waals surface area contributed by atoms with Gasteiger partial charge in [0.2, 0.25) is 27.7 Å². The van der Waals surface area contributed by atoms with Gasteiger partial charge in [0.05, 0.1) is 35.4 Å². The SMILES string of the molecule is COc1ccc2nc3c(nc2c1)OC1CC2C(=O)NC4(C(=O)NS(=O)(=O)C5(C)CC5)C#CC4C=CCCCCCC(NC(=O)OC4CCCC4CCCCC3)C(=O)N2C1. The topological polar surface area (TPSA) is 195 Å². The van der Waals surface area contributed by atoms with Gasteiger partial charge in [0.1, 0.15) is 35.7 Å². The Morgan fingerprint density at radius 1 is 0.983 bits per heavy atom. The fourth-order valence-corrected chi connectivity index (χ4v) is 10.3. The molecule has 3 fully saturated rings. The number of methoxy groups -OCH3 is 1. The summed E-state index contributed by atoms with van der Waals surface area (Å²) < 4.78 is 45.8. The number of hydrogen-bond donors (Lipinski definition) is 3. The molecule has 1 saturated heterocycles. The summed E-state index contributed by atoms with van der Waals surface area (Å²) in [6, 6.07) is 3.28. The van der Waals surface area contributed by atoms with Crippen LogP contribution in [0.25, 0.3) is 11.0 Å². The van der Waals surface area contributed by atoms with Crippen LogP contribution in [0.4, 0.5) is 4.79 Å². The molecule has 2 saturated carbocycles. The number of sulfonamides is 1. The minimum Gasteiger partial charge on any atom is -0.497 e. The van der Waals surface area contributed by atoms with E-state index in [0.29, 0.717) is 66.9 Å². The minimum atomic E-state index is -4.07. The third-order valence-corrected chi connectivity index (χ3v) is 15.2. The van der Waals surface area contributed by atoms with Crippen molar-refractivity contribution in [2.24, 2.45) is 11.8 Å². The second-order valence-corrected chi connectivity index (χ2v) is 19.4. The number of hydrogen-bond acceptors (Lipinski definition) is 11. The quantitative estimate of drug-likeness (QED) is 0.293. The largest absolute Gasteiger partial charge is 0.497 e. The highest BCUT2D eigenvalue weighted by atomic mass is 32.2. The van der Waals surface area contributed by atoms with Crippen molar-refractivity contribution < 1.29 is 41.8 Å². The molecule has 7 atom stereocenters. The third kappa shape index (κ3) is 8.45. The number of nitrogens with zero attached hydrogens (tertiary/aromatic N) is 3. The molecule has 59 heavy (non-hydrogen) atoms. The van der Waals surface area contributed by atoms with E-state index < -0.39 is 68.2 Å². The molecule has 15 nitrogen and oxygen atoms in total. The van der Waals surface area contributed by atoms with E-state index in [1.165, 1.54) is 4.90 Å². The van der Waals surface area contributed by atoms with Crippen LogP contribution >= 0.6 is 0 Å². The number of aromatic nitrogens is 2. The number of benzene rings is 1. The van der Waals surface area contributed by atoms with E-state index in [-0.39, 0.29) is 25.0 Å². The van der Waals surface area contributed by atoms with E-state index >= 15 is 0 Å². The van der Waals surface area contributed by atoms with Gasteiger partial charge in [-0.2, -0.15) is 0 Å². The smallest absolute Gasteiger partial charge is 0.408 e. The van der Waals surface area contributed by atoms with Crippen LogP contribution in [0, 0.1) is 23.7 Å². The lowest BCUT2D eigenvalue weighted by molar-refractivity contribution is -0.141. The highest BCUT2D eigenvalue weighted by Gasteiger charge is 2.56. The van der Waals surface area contributed by atoms with Crippen LogP contribution in [0.2, 0.25) is 0 Å². The average Bonchev–Trinajstić information content (AvgIpc) is 3.61. The maximum atomic E-state index is 14.8. The predicted molar refractivity (Wildman–Crippen MR) is 216 cm³/mol. The van der Waals surface area contributed by atoms with Crippen molar-refractivity contribution in [2.45, 2.75) is 144 Å². The van der Waals surface area contributed by atoms with Gasteiger partial charge in [-0.05, 0) is 95.6 Å². The molecule has 316 valence electrons. The molecule has 4 amide bonds. The van der Waals surface area contributed by atoms with E-state index in [1.54, 1.807) is 26.2 Å². The molecular formula is C43H54N6O9S. The molecule has 16 heteroatoms. The Kier molecular flexibility index (Phi) is 11.5. The van der Waals surface area contributed by atoms with Gasteiger partial charge >= 0.3 is 6.09 Å². The molecule has 1 aromatic heterocycles. The fraction of sp³-hybridized carbons (Fsp3) is 0.628. The van der Waals surface area contributed by atoms with Crippen LogP contribution in [-0.2, 0) is 35.6 Å². The zero-order valence-corrected chi connectivity index (χ0v) is 34.6. The van der Waals surface area contributed by atoms with Crippen LogP contribution in [0.5, 0.6) is 11.6 Å². The maximum Gasteiger partial charge on any atom is 0.408 e. The molecule has 8 rings (SSSR count). The number of nitrogens with one attached hydrogen (secondary N) is 3. The van der Waals surface area contributed by atoms with Gasteiger partial charge in [0.25, 0.3) is 5.91 Å². The van der Waals surface area contributed by atoms with E-state index in [2.05, 4.69) is 27.2 Å². The molecule has 0 spiro atoms. The zero-order chi connectivity index (χ0) is 41.4. The van der Waals surface area contributed by atoms with E-state index in [0.717, 1.165) is 57.8 Å². The van der Waals surface area contributed by atoms with E-state index in [9.17, 15) is 27.6 Å². The van der Waals surface area contributed by atoms with Gasteiger partial charge in [-0.15, -0.1) is 0 Å². The number of rotatable bonds is 4. The first-order chi connectivity index (χ1) is 28.4. The van der Waals surface area contributed by atoms with E-state index in [1.807, 2.05) is 18.2 Å². The summed E-state index contributed by atoms with van der Waals surface area (Å²) in [6.07, 6.45) is 12.8. The first kappa shape index (κ1) is 40.9. The second-order valence-electron chi connectivity index (χ2n) is 17.2. The lowest BCUT2D eigenvalue weighted by Crippen LogP contribution is -2.68. The molecule has 1 aromatic carbocycles. The van der Waals surface area contributed by atoms with Crippen LogP contribution in [0.15, 0.2) is 30.4 Å². The summed E-state index contributed by atoms with van der Waals surface area (Å²) in [6.45, 7) is 1.54. The maximum absolute atomic E-state index is 14.8. The van der Waals surface area contributed by atoms with Gasteiger partial charge in [-0.1, -0.05) is 49.7 Å². The summed E-state index contributed by atoms with van der Waals surface area (Å²) in [5, 5.41) is 5.70. The highest BCUT2D eigenvalue weighted by molar-refractivity contribution is 7.91. The Labute approximate surface area is 345 Å². The van der Waals surface area contributed by atoms with Gasteiger partial charge in [-0.25, -0.2) is 27.9 Å². The van der Waals surface area contributed by atoms with Gasteiger partial charge < -0.3 is 29.7 Å². The molecule has 7 unspecified atom stereocenters. The highest BCUT2D eigenvalue weighted by Crippen LogP contribution is 2.43. The summed E-state index contributed by atoms with van der Waals surface area (Å²) >= 11 is 0. The number of aryl methyl sites for hydroxylation is 1. The number of carbonyl (C=O) groups excluding carboxylic acids is 4. The summed E-state index contributed by atoms with van der Waals surface area (Å²) in [5.74, 6) is 3.93. The first-order valence-corrected chi connectivity index (χ1v) is 22.7. The number of ether oxygens (including phenoxy) is 3. The molecule has 3 aliphatic carbocycles. The number of fused-ring (bicyclic) bond motifs is 6. The fourth-order valence-electron chi connectivity index (χ4n) is 9.03. The van der Waals surface area contributed by atoms with Crippen LogP contribution < -0.4 is 24.8 Å². The average molecular weight is 831 g/mol. The first-order valence-electron chi connectivity index (χ1n) is 21.3. The molecule has 0 radical (unpaired) electrons. The monoisotopic (exact) mass is 830 g/mol. The number of amides is 4. The lowest BCUT2D eigenvalue weighted by atomic mass is 9.75. The van der Waals surface area contributed by atoms with Crippen molar-refractivity contribution in [3.63, 3.8) is 0 Å². The molecule has 3 bridgehead atoms. The van der Waals surface area contributed by atoms with Crippen LogP contribution in [0.3, 0.4) is 0 Å². The van der Waals surface area contributed by atoms with Gasteiger partial charge in [-0.3, -0.25) is 14.4 Å². The number of carbonyl (C=O) groups is 4. The van der Waals surface area contributed by atoms with Crippen molar-refractivity contribution in [3.05, 3.63) is 36.0 Å². The molecule has 3 N–H and O–H groups in total.